The number of carbonyl (C=O) groups excluding carboxylic acids is 1. The SMILES string of the molecule is CC(=O)OC(C)(C)C.CCC.Cc1sc2c(c1C)C(c1ccc(Cl)cc1)=NCc1nnc(C)n1-2. The summed E-state index contributed by atoms with van der Waals surface area (Å²) in [4.78, 5) is 16.4. The molecule has 3 heterocycles. The molecule has 34 heavy (non-hydrogen) atoms. The van der Waals surface area contributed by atoms with Crippen molar-refractivity contribution in [1.29, 1.82) is 0 Å². The summed E-state index contributed by atoms with van der Waals surface area (Å²) in [5.74, 6) is 1.56. The number of aryl methyl sites for hydroxylation is 2. The summed E-state index contributed by atoms with van der Waals surface area (Å²) in [5.41, 5.74) is 4.19. The Morgan fingerprint density at radius 2 is 1.71 bits per heavy atom. The zero-order chi connectivity index (χ0) is 25.6. The lowest BCUT2D eigenvalue weighted by atomic mass is 10.00. The van der Waals surface area contributed by atoms with Gasteiger partial charge in [-0.3, -0.25) is 14.4 Å². The number of rotatable bonds is 1. The normalized spacial score (nSPS) is 12.1. The summed E-state index contributed by atoms with van der Waals surface area (Å²) in [6.45, 7) is 18.0. The molecule has 8 heteroatoms. The number of halogens is 1. The first-order valence-corrected chi connectivity index (χ1v) is 12.6. The molecule has 0 amide bonds. The minimum atomic E-state index is -0.328. The Bertz CT molecular complexity index is 1150. The van der Waals surface area contributed by atoms with E-state index in [1.807, 2.05) is 52.0 Å². The van der Waals surface area contributed by atoms with Crippen LogP contribution in [0.4, 0.5) is 0 Å². The second kappa shape index (κ2) is 11.8. The van der Waals surface area contributed by atoms with Crippen LogP contribution in [0.1, 0.15) is 81.2 Å². The number of benzene rings is 1. The maximum atomic E-state index is 10.2. The molecule has 184 valence electrons. The van der Waals surface area contributed by atoms with Gasteiger partial charge in [0.25, 0.3) is 0 Å². The summed E-state index contributed by atoms with van der Waals surface area (Å²) in [6, 6.07) is 7.86. The highest BCUT2D eigenvalue weighted by Crippen LogP contribution is 2.36. The lowest BCUT2D eigenvalue weighted by Gasteiger charge is -2.17. The van der Waals surface area contributed by atoms with Gasteiger partial charge in [0.05, 0.1) is 5.71 Å². The summed E-state index contributed by atoms with van der Waals surface area (Å²) in [7, 11) is 0. The lowest BCUT2D eigenvalue weighted by Crippen LogP contribution is -2.21. The average Bonchev–Trinajstić information content (AvgIpc) is 3.16. The van der Waals surface area contributed by atoms with Crippen molar-refractivity contribution in [3.63, 3.8) is 0 Å². The third-order valence-corrected chi connectivity index (χ3v) is 6.09. The Morgan fingerprint density at radius 3 is 2.21 bits per heavy atom. The van der Waals surface area contributed by atoms with Crippen molar-refractivity contribution in [2.75, 3.05) is 0 Å². The molecule has 0 bridgehead atoms. The summed E-state index contributed by atoms with van der Waals surface area (Å²) in [6.07, 6.45) is 1.25. The van der Waals surface area contributed by atoms with Crippen molar-refractivity contribution >= 4 is 34.6 Å². The maximum absolute atomic E-state index is 10.2. The third-order valence-electron chi connectivity index (χ3n) is 4.64. The molecule has 2 aromatic heterocycles. The molecule has 0 fully saturated rings. The summed E-state index contributed by atoms with van der Waals surface area (Å²) in [5, 5.41) is 10.4. The van der Waals surface area contributed by atoms with E-state index in [2.05, 4.69) is 42.5 Å². The second-order valence-corrected chi connectivity index (χ2v) is 10.7. The number of aromatic nitrogens is 3. The van der Waals surface area contributed by atoms with Crippen LogP contribution in [0.2, 0.25) is 5.02 Å². The van der Waals surface area contributed by atoms with Crippen LogP contribution in [0, 0.1) is 20.8 Å². The molecule has 1 aromatic carbocycles. The van der Waals surface area contributed by atoms with Crippen LogP contribution in [0.3, 0.4) is 0 Å². The predicted molar refractivity (Wildman–Crippen MR) is 142 cm³/mol. The van der Waals surface area contributed by atoms with Gasteiger partial charge in [0.1, 0.15) is 23.0 Å². The van der Waals surface area contributed by atoms with E-state index in [1.165, 1.54) is 29.3 Å². The number of hydrogen-bond donors (Lipinski definition) is 0. The number of fused-ring (bicyclic) bond motifs is 3. The van der Waals surface area contributed by atoms with Crippen molar-refractivity contribution in [3.05, 3.63) is 62.5 Å². The van der Waals surface area contributed by atoms with Crippen molar-refractivity contribution in [1.82, 2.24) is 14.8 Å². The van der Waals surface area contributed by atoms with Crippen LogP contribution in [0.15, 0.2) is 29.3 Å². The fourth-order valence-electron chi connectivity index (χ4n) is 3.32. The number of nitrogens with zero attached hydrogens (tertiary/aromatic N) is 4. The molecule has 0 N–H and O–H groups in total. The van der Waals surface area contributed by atoms with Crippen LogP contribution in [-0.2, 0) is 16.1 Å². The first-order chi connectivity index (χ1) is 15.9. The molecule has 3 aromatic rings. The van der Waals surface area contributed by atoms with Gasteiger partial charge >= 0.3 is 5.97 Å². The molecule has 4 rings (SSSR count). The highest BCUT2D eigenvalue weighted by Gasteiger charge is 2.26. The van der Waals surface area contributed by atoms with Crippen molar-refractivity contribution in [2.45, 2.75) is 80.9 Å². The first kappa shape index (κ1) is 27.7. The molecule has 0 radical (unpaired) electrons. The molecule has 1 aliphatic rings. The van der Waals surface area contributed by atoms with Crippen LogP contribution in [0.5, 0.6) is 0 Å². The largest absolute Gasteiger partial charge is 0.460 e. The highest BCUT2D eigenvalue weighted by atomic mass is 35.5. The second-order valence-electron chi connectivity index (χ2n) is 9.05. The zero-order valence-corrected chi connectivity index (χ0v) is 23.2. The monoisotopic (exact) mass is 502 g/mol. The fraction of sp³-hybridized carbons (Fsp3) is 0.462. The number of hydrogen-bond acceptors (Lipinski definition) is 6. The van der Waals surface area contributed by atoms with E-state index in [0.717, 1.165) is 32.9 Å². The van der Waals surface area contributed by atoms with Gasteiger partial charge in [-0.05, 0) is 59.2 Å². The number of ether oxygens (including phenoxy) is 1. The Hall–Kier alpha value is -2.51. The highest BCUT2D eigenvalue weighted by molar-refractivity contribution is 7.15. The standard InChI is InChI=1S/C17H15ClN4S.C6H12O2.C3H8/c1-9-10(2)23-17-15(9)16(12-4-6-13(18)7-5-12)19-8-14-21-20-11(3)22(14)17;1-5(7)8-6(2,3)4;1-3-2/h4-7H,8H2,1-3H3;1-4H3;3H2,1-2H3. The van der Waals surface area contributed by atoms with E-state index in [9.17, 15) is 4.79 Å². The molecule has 0 saturated carbocycles. The molecule has 1 aliphatic heterocycles. The minimum absolute atomic E-state index is 0.225. The van der Waals surface area contributed by atoms with E-state index in [0.29, 0.717) is 6.54 Å². The predicted octanol–water partition coefficient (Wildman–Crippen LogP) is 7.02. The number of thiophene rings is 1. The molecule has 0 spiro atoms. The lowest BCUT2D eigenvalue weighted by molar-refractivity contribution is -0.151. The van der Waals surface area contributed by atoms with Gasteiger partial charge in [-0.25, -0.2) is 0 Å². The number of aliphatic imine (C=N–C) groups is 1. The van der Waals surface area contributed by atoms with E-state index in [-0.39, 0.29) is 11.6 Å². The smallest absolute Gasteiger partial charge is 0.303 e. The minimum Gasteiger partial charge on any atom is -0.460 e. The van der Waals surface area contributed by atoms with E-state index in [1.54, 1.807) is 11.3 Å². The molecule has 6 nitrogen and oxygen atoms in total. The van der Waals surface area contributed by atoms with Gasteiger partial charge in [-0.15, -0.1) is 21.5 Å². The van der Waals surface area contributed by atoms with E-state index >= 15 is 0 Å². The van der Waals surface area contributed by atoms with Gasteiger partial charge < -0.3 is 4.74 Å². The molecule has 0 saturated heterocycles. The van der Waals surface area contributed by atoms with Crippen LogP contribution >= 0.6 is 22.9 Å². The maximum Gasteiger partial charge on any atom is 0.303 e. The van der Waals surface area contributed by atoms with Crippen molar-refractivity contribution in [3.8, 4) is 5.00 Å². The van der Waals surface area contributed by atoms with Gasteiger partial charge in [0.2, 0.25) is 0 Å². The summed E-state index contributed by atoms with van der Waals surface area (Å²) >= 11 is 7.80. The summed E-state index contributed by atoms with van der Waals surface area (Å²) < 4.78 is 6.93. The molecule has 0 atom stereocenters. The first-order valence-electron chi connectivity index (χ1n) is 11.4. The van der Waals surface area contributed by atoms with Crippen molar-refractivity contribution < 1.29 is 9.53 Å². The van der Waals surface area contributed by atoms with Gasteiger partial charge in [-0.1, -0.05) is 44.0 Å². The van der Waals surface area contributed by atoms with Gasteiger partial charge in [0.15, 0.2) is 5.82 Å². The number of carbonyl (C=O) groups is 1. The topological polar surface area (TPSA) is 69.4 Å². The van der Waals surface area contributed by atoms with Crippen LogP contribution in [0.25, 0.3) is 5.00 Å². The van der Waals surface area contributed by atoms with Crippen LogP contribution < -0.4 is 0 Å². The Kier molecular flexibility index (Phi) is 9.59. The molecule has 0 aliphatic carbocycles. The quantitative estimate of drug-likeness (QED) is 0.335. The fourth-order valence-corrected chi connectivity index (χ4v) is 4.67. The van der Waals surface area contributed by atoms with Crippen LogP contribution in [-0.4, -0.2) is 32.0 Å². The van der Waals surface area contributed by atoms with Crippen molar-refractivity contribution in [2.24, 2.45) is 4.99 Å². The van der Waals surface area contributed by atoms with Gasteiger partial charge in [-0.2, -0.15) is 0 Å². The Labute approximate surface area is 212 Å². The van der Waals surface area contributed by atoms with E-state index < -0.39 is 0 Å². The zero-order valence-electron chi connectivity index (χ0n) is 21.6. The Morgan fingerprint density at radius 1 is 1.12 bits per heavy atom. The molecular formula is C26H35ClN4O2S. The average molecular weight is 503 g/mol. The number of esters is 1. The Balaban J connectivity index is 0.000000315. The third kappa shape index (κ3) is 7.00. The van der Waals surface area contributed by atoms with E-state index in [4.69, 9.17) is 21.3 Å². The molecule has 0 unspecified atom stereocenters. The molecular weight excluding hydrogens is 468 g/mol. The van der Waals surface area contributed by atoms with Gasteiger partial charge in [0, 0.05) is 28.0 Å².